The van der Waals surface area contributed by atoms with E-state index in [4.69, 9.17) is 18.9 Å². The number of epoxide rings is 1. The van der Waals surface area contributed by atoms with Crippen molar-refractivity contribution >= 4 is 53.3 Å². The smallest absolute Gasteiger partial charge is 0.332 e. The van der Waals surface area contributed by atoms with Crippen molar-refractivity contribution in [3.63, 3.8) is 0 Å². The van der Waals surface area contributed by atoms with E-state index in [1.165, 1.54) is 58.2 Å². The summed E-state index contributed by atoms with van der Waals surface area (Å²) < 4.78 is 22.9. The highest BCUT2D eigenvalue weighted by Crippen LogP contribution is 2.35. The van der Waals surface area contributed by atoms with E-state index in [-0.39, 0.29) is 18.6 Å². The van der Waals surface area contributed by atoms with Gasteiger partial charge in [-0.05, 0) is 61.9 Å². The fraction of sp³-hybridized carbons (Fsp3) is 0.540. The molecule has 4 aliphatic heterocycles. The second kappa shape index (κ2) is 24.5. The molecule has 4 bridgehead atoms. The van der Waals surface area contributed by atoms with Crippen molar-refractivity contribution in [2.24, 2.45) is 17.8 Å². The SMILES string of the molecule is CC(C)[C@@H]1NC(=O)[C@H](NC(=O)[C@@H](C)[C@H](O)C(C)C)[C@H](C)OC(=O)C2COC(=O)CNC(=O)/C=C/[C@]3(CO3)[C@@H](C)Oc3ccc(cc3)[C@@H](NC1=O)C(=O)N(C)[C@H](Cc1ccccc1)C(=O)N[C@@H]([C@@H](C)O)C(=O)N2. The number of hydrogen-bond acceptors (Lipinski definition) is 15. The number of carbonyl (C=O) groups excluding carboxylic acids is 9. The van der Waals surface area contributed by atoms with E-state index < -0.39 is 150 Å². The van der Waals surface area contributed by atoms with Gasteiger partial charge in [-0.1, -0.05) is 77.1 Å². The van der Waals surface area contributed by atoms with Crippen LogP contribution in [0.1, 0.15) is 72.6 Å². The van der Waals surface area contributed by atoms with Crippen LogP contribution < -0.4 is 36.6 Å². The van der Waals surface area contributed by atoms with Gasteiger partial charge in [0.1, 0.15) is 66.9 Å². The topological polar surface area (TPSA) is 310 Å². The van der Waals surface area contributed by atoms with Gasteiger partial charge in [-0.3, -0.25) is 38.4 Å². The van der Waals surface area contributed by atoms with Gasteiger partial charge >= 0.3 is 11.9 Å². The number of likely N-dealkylation sites (N-methyl/N-ethyl adjacent to an activating group) is 1. The quantitative estimate of drug-likeness (QED) is 0.119. The number of nitrogens with zero attached hydrogens (tertiary/aromatic N) is 1. The normalized spacial score (nSPS) is 29.2. The molecule has 2 fully saturated rings. The Hall–Kier alpha value is -6.91. The Morgan fingerprint density at radius 3 is 2.03 bits per heavy atom. The summed E-state index contributed by atoms with van der Waals surface area (Å²) in [6.07, 6.45) is -2.69. The molecule has 0 radical (unpaired) electrons. The van der Waals surface area contributed by atoms with E-state index in [1.807, 2.05) is 0 Å². The van der Waals surface area contributed by atoms with Crippen molar-refractivity contribution < 1.29 is 72.3 Å². The van der Waals surface area contributed by atoms with Gasteiger partial charge in [0, 0.05) is 19.5 Å². The summed E-state index contributed by atoms with van der Waals surface area (Å²) in [6, 6.07) is 4.64. The second-order valence-corrected chi connectivity index (χ2v) is 19.1. The van der Waals surface area contributed by atoms with E-state index in [0.29, 0.717) is 11.3 Å². The summed E-state index contributed by atoms with van der Waals surface area (Å²) >= 11 is 0. The molecular formula is C50H67N7O15. The zero-order chi connectivity index (χ0) is 53.2. The third-order valence-electron chi connectivity index (χ3n) is 12.8. The van der Waals surface area contributed by atoms with Crippen LogP contribution in [0.3, 0.4) is 0 Å². The van der Waals surface area contributed by atoms with Gasteiger partial charge in [0.15, 0.2) is 6.04 Å². The number of carbonyl (C=O) groups is 9. The maximum Gasteiger partial charge on any atom is 0.332 e. The van der Waals surface area contributed by atoms with Gasteiger partial charge in [0.2, 0.25) is 41.4 Å². The number of aliphatic hydroxyl groups excluding tert-OH is 2. The van der Waals surface area contributed by atoms with Crippen LogP contribution in [0.25, 0.3) is 0 Å². The van der Waals surface area contributed by atoms with E-state index in [0.717, 1.165) is 11.0 Å². The van der Waals surface area contributed by atoms with Crippen LogP contribution >= 0.6 is 0 Å². The maximum absolute atomic E-state index is 15.1. The van der Waals surface area contributed by atoms with Crippen molar-refractivity contribution in [3.05, 3.63) is 77.9 Å². The van der Waals surface area contributed by atoms with Crippen LogP contribution in [0.5, 0.6) is 5.75 Å². The highest BCUT2D eigenvalue weighted by Gasteiger charge is 2.49. The predicted octanol–water partition coefficient (Wildman–Crippen LogP) is -0.747. The average molecular weight is 1010 g/mol. The number of nitrogens with one attached hydrogen (secondary N) is 6. The van der Waals surface area contributed by atoms with Crippen molar-refractivity contribution in [3.8, 4) is 5.75 Å². The molecule has 0 saturated carbocycles. The number of aliphatic hydroxyl groups is 2. The van der Waals surface area contributed by atoms with Gasteiger partial charge in [0.25, 0.3) is 0 Å². The van der Waals surface area contributed by atoms with E-state index in [2.05, 4.69) is 31.9 Å². The molecule has 7 amide bonds. The molecule has 0 aliphatic carbocycles. The molecule has 1 unspecified atom stereocenters. The van der Waals surface area contributed by atoms with E-state index in [9.17, 15) is 48.6 Å². The number of fused-ring (bicyclic) bond motifs is 9. The van der Waals surface area contributed by atoms with E-state index in [1.54, 1.807) is 65.0 Å². The van der Waals surface area contributed by atoms with Gasteiger partial charge in [-0.2, -0.15) is 0 Å². The Morgan fingerprint density at radius 2 is 1.43 bits per heavy atom. The molecule has 22 heteroatoms. The molecule has 72 heavy (non-hydrogen) atoms. The molecule has 1 spiro atoms. The lowest BCUT2D eigenvalue weighted by atomic mass is 9.93. The molecule has 12 atom stereocenters. The van der Waals surface area contributed by atoms with Gasteiger partial charge in [-0.25, -0.2) is 4.79 Å². The first-order chi connectivity index (χ1) is 33.9. The minimum Gasteiger partial charge on any atom is -0.487 e. The Morgan fingerprint density at radius 1 is 0.806 bits per heavy atom. The summed E-state index contributed by atoms with van der Waals surface area (Å²) in [4.78, 5) is 128. The number of amides is 7. The molecule has 4 heterocycles. The molecule has 2 saturated heterocycles. The van der Waals surface area contributed by atoms with E-state index >= 15 is 4.79 Å². The minimum atomic E-state index is -1.94. The lowest BCUT2D eigenvalue weighted by molar-refractivity contribution is -0.160. The Labute approximate surface area is 417 Å². The number of rotatable bonds is 8. The molecule has 392 valence electrons. The highest BCUT2D eigenvalue weighted by molar-refractivity contribution is 5.98. The van der Waals surface area contributed by atoms with Gasteiger partial charge in [-0.15, -0.1) is 0 Å². The zero-order valence-corrected chi connectivity index (χ0v) is 41.8. The van der Waals surface area contributed by atoms with Crippen molar-refractivity contribution in [2.45, 2.75) is 128 Å². The molecule has 22 nitrogen and oxygen atoms in total. The zero-order valence-electron chi connectivity index (χ0n) is 41.8. The third kappa shape index (κ3) is 14.4. The molecule has 2 aromatic carbocycles. The largest absolute Gasteiger partial charge is 0.487 e. The highest BCUT2D eigenvalue weighted by atomic mass is 16.6. The molecule has 2 aromatic rings. The van der Waals surface area contributed by atoms with Gasteiger partial charge < -0.3 is 66.0 Å². The summed E-state index contributed by atoms with van der Waals surface area (Å²) in [6.45, 7) is 10.6. The lowest BCUT2D eigenvalue weighted by Crippen LogP contribution is -2.61. The Bertz CT molecular complexity index is 2340. The number of esters is 2. The number of hydrogen-bond donors (Lipinski definition) is 8. The third-order valence-corrected chi connectivity index (χ3v) is 12.8. The first kappa shape index (κ1) is 56.0. The number of benzene rings is 2. The first-order valence-corrected chi connectivity index (χ1v) is 23.8. The molecule has 4 aliphatic rings. The first-order valence-electron chi connectivity index (χ1n) is 23.8. The van der Waals surface area contributed by atoms with Crippen LogP contribution in [0.15, 0.2) is 66.7 Å². The average Bonchev–Trinajstić information content (AvgIpc) is 4.14. The predicted molar refractivity (Wildman–Crippen MR) is 256 cm³/mol. The standard InChI is InChI=1S/C50H67N7O15/c1-25(2)38-45(64)56-41-32-15-17-33(18-16-32)72-30(8)50(24-70-50)20-19-36(59)51-22-37(60)69-23-34(49(68)71-29(7)40(47(66)53-38)55-43(62)27(5)42(61)26(3)4)52-46(65)39(28(6)58)54-44(63)35(57(9)48(41)67)21-31-13-11-10-12-14-31/h10-20,25-30,34-35,38-42,58,61H,21-24H2,1-9H3,(H,51,59)(H,52,65)(H,53,66)(H,54,63)(H,55,62)(H,56,64)/b20-19+/t27-,28+,29-,30+,34?,35+,38-,39-,40+,41+,42+,50-/m0/s1. The number of ether oxygens (including phenoxy) is 4. The Balaban J connectivity index is 1.71. The van der Waals surface area contributed by atoms with Crippen molar-refractivity contribution in [1.29, 1.82) is 0 Å². The monoisotopic (exact) mass is 1010 g/mol. The molecular weight excluding hydrogens is 939 g/mol. The number of cyclic esters (lactones) is 1. The summed E-state index contributed by atoms with van der Waals surface area (Å²) in [5.41, 5.74) is -0.255. The fourth-order valence-electron chi connectivity index (χ4n) is 7.98. The van der Waals surface area contributed by atoms with Crippen molar-refractivity contribution in [2.75, 3.05) is 26.8 Å². The van der Waals surface area contributed by atoms with Crippen LogP contribution in [0.2, 0.25) is 0 Å². The van der Waals surface area contributed by atoms with Crippen LogP contribution in [-0.2, 0) is 63.8 Å². The van der Waals surface area contributed by atoms with Crippen LogP contribution in [-0.4, -0.2) is 155 Å². The lowest BCUT2D eigenvalue weighted by Gasteiger charge is -2.33. The summed E-state index contributed by atoms with van der Waals surface area (Å²) in [5.74, 6) is -10.8. The molecule has 6 rings (SSSR count). The summed E-state index contributed by atoms with van der Waals surface area (Å²) in [7, 11) is 1.32. The minimum absolute atomic E-state index is 0.142. The maximum atomic E-state index is 15.1. The van der Waals surface area contributed by atoms with Crippen molar-refractivity contribution in [1.82, 2.24) is 36.8 Å². The summed E-state index contributed by atoms with van der Waals surface area (Å²) in [5, 5.41) is 36.9. The molecule has 8 N–H and O–H groups in total. The Kier molecular flexibility index (Phi) is 19.0. The van der Waals surface area contributed by atoms with Crippen LogP contribution in [0, 0.1) is 17.8 Å². The fourth-order valence-corrected chi connectivity index (χ4v) is 7.98. The van der Waals surface area contributed by atoms with Gasteiger partial charge in [0.05, 0.1) is 24.7 Å². The van der Waals surface area contributed by atoms with Crippen LogP contribution in [0.4, 0.5) is 0 Å². The molecule has 0 aromatic heterocycles. The second-order valence-electron chi connectivity index (χ2n) is 19.1.